The van der Waals surface area contributed by atoms with Crippen molar-refractivity contribution in [2.45, 2.75) is 70.4 Å². The van der Waals surface area contributed by atoms with Crippen LogP contribution in [0.25, 0.3) is 0 Å². The lowest BCUT2D eigenvalue weighted by Crippen LogP contribution is -2.40. The highest BCUT2D eigenvalue weighted by atomic mass is 16.2. The van der Waals surface area contributed by atoms with Gasteiger partial charge in [-0.2, -0.15) is 0 Å². The highest BCUT2D eigenvalue weighted by Gasteiger charge is 2.34. The van der Waals surface area contributed by atoms with Crippen molar-refractivity contribution >= 4 is 5.91 Å². The molecule has 3 aliphatic carbocycles. The zero-order chi connectivity index (χ0) is 16.5. The second-order valence-corrected chi connectivity index (χ2v) is 8.13. The van der Waals surface area contributed by atoms with Crippen molar-refractivity contribution in [2.75, 3.05) is 13.1 Å². The Morgan fingerprint density at radius 3 is 2.62 bits per heavy atom. The Kier molecular flexibility index (Phi) is 4.62. The Morgan fingerprint density at radius 2 is 1.92 bits per heavy atom. The van der Waals surface area contributed by atoms with E-state index in [0.717, 1.165) is 12.5 Å². The van der Waals surface area contributed by atoms with Crippen LogP contribution in [0.5, 0.6) is 0 Å². The summed E-state index contributed by atoms with van der Waals surface area (Å²) >= 11 is 0. The maximum atomic E-state index is 12.5. The SMILES string of the molecule is CC(NC(=O)CN(CC1CC1)C1CC1)c1ccc2c(c1)CCCC2. The fraction of sp³-hybridized carbons (Fsp3) is 0.667. The summed E-state index contributed by atoms with van der Waals surface area (Å²) in [6.45, 7) is 3.83. The predicted molar refractivity (Wildman–Crippen MR) is 97.0 cm³/mol. The first-order chi connectivity index (χ1) is 11.7. The first-order valence-corrected chi connectivity index (χ1v) is 9.84. The molecular weight excluding hydrogens is 296 g/mol. The minimum absolute atomic E-state index is 0.103. The molecule has 24 heavy (non-hydrogen) atoms. The molecule has 0 spiro atoms. The molecule has 1 atom stereocenters. The molecule has 0 saturated heterocycles. The molecule has 1 aromatic carbocycles. The van der Waals surface area contributed by atoms with Gasteiger partial charge in [0.1, 0.15) is 0 Å². The quantitative estimate of drug-likeness (QED) is 0.830. The molecule has 130 valence electrons. The number of nitrogens with zero attached hydrogens (tertiary/aromatic N) is 1. The van der Waals surface area contributed by atoms with Gasteiger partial charge in [-0.25, -0.2) is 0 Å². The van der Waals surface area contributed by atoms with Gasteiger partial charge in [-0.1, -0.05) is 18.2 Å². The molecule has 3 nitrogen and oxygen atoms in total. The van der Waals surface area contributed by atoms with Crippen molar-refractivity contribution < 1.29 is 4.79 Å². The molecule has 3 aliphatic rings. The van der Waals surface area contributed by atoms with Crippen LogP contribution < -0.4 is 5.32 Å². The lowest BCUT2D eigenvalue weighted by Gasteiger charge is -2.23. The van der Waals surface area contributed by atoms with Crippen LogP contribution in [0.1, 0.15) is 68.2 Å². The average Bonchev–Trinajstić information content (AvgIpc) is 3.46. The largest absolute Gasteiger partial charge is 0.348 e. The van der Waals surface area contributed by atoms with E-state index in [-0.39, 0.29) is 11.9 Å². The molecule has 3 heteroatoms. The zero-order valence-electron chi connectivity index (χ0n) is 14.9. The van der Waals surface area contributed by atoms with E-state index in [4.69, 9.17) is 0 Å². The number of benzene rings is 1. The lowest BCUT2D eigenvalue weighted by atomic mass is 9.89. The monoisotopic (exact) mass is 326 g/mol. The number of fused-ring (bicyclic) bond motifs is 1. The summed E-state index contributed by atoms with van der Waals surface area (Å²) in [5.74, 6) is 1.05. The van der Waals surface area contributed by atoms with Gasteiger partial charge >= 0.3 is 0 Å². The third kappa shape index (κ3) is 4.00. The number of nitrogens with one attached hydrogen (secondary N) is 1. The fourth-order valence-corrected chi connectivity index (χ4v) is 3.99. The fourth-order valence-electron chi connectivity index (χ4n) is 3.99. The van der Waals surface area contributed by atoms with Crippen LogP contribution in [-0.4, -0.2) is 29.9 Å². The van der Waals surface area contributed by atoms with Gasteiger partial charge in [0.25, 0.3) is 0 Å². The summed E-state index contributed by atoms with van der Waals surface area (Å²) < 4.78 is 0. The smallest absolute Gasteiger partial charge is 0.234 e. The maximum absolute atomic E-state index is 12.5. The van der Waals surface area contributed by atoms with Crippen LogP contribution in [0.4, 0.5) is 0 Å². The van der Waals surface area contributed by atoms with E-state index in [1.54, 1.807) is 0 Å². The first-order valence-electron chi connectivity index (χ1n) is 9.84. The van der Waals surface area contributed by atoms with Crippen LogP contribution in [0, 0.1) is 5.92 Å². The maximum Gasteiger partial charge on any atom is 0.234 e. The third-order valence-electron chi connectivity index (χ3n) is 5.85. The number of hydrogen-bond acceptors (Lipinski definition) is 2. The highest BCUT2D eigenvalue weighted by Crippen LogP contribution is 2.34. The number of rotatable bonds is 7. The van der Waals surface area contributed by atoms with Crippen molar-refractivity contribution in [3.05, 3.63) is 34.9 Å². The molecule has 0 radical (unpaired) electrons. The molecule has 1 aromatic rings. The Balaban J connectivity index is 1.34. The molecule has 0 aromatic heterocycles. The molecule has 1 N–H and O–H groups in total. The van der Waals surface area contributed by atoms with Gasteiger partial charge in [0.15, 0.2) is 0 Å². The predicted octanol–water partition coefficient (Wildman–Crippen LogP) is 3.62. The van der Waals surface area contributed by atoms with Crippen LogP contribution in [0.2, 0.25) is 0 Å². The van der Waals surface area contributed by atoms with E-state index in [1.807, 2.05) is 0 Å². The van der Waals surface area contributed by atoms with E-state index < -0.39 is 0 Å². The van der Waals surface area contributed by atoms with Gasteiger partial charge in [0.2, 0.25) is 5.91 Å². The summed E-state index contributed by atoms with van der Waals surface area (Å²) in [6, 6.07) is 7.58. The van der Waals surface area contributed by atoms with Gasteiger partial charge < -0.3 is 5.32 Å². The van der Waals surface area contributed by atoms with Crippen LogP contribution in [0.3, 0.4) is 0 Å². The minimum Gasteiger partial charge on any atom is -0.348 e. The van der Waals surface area contributed by atoms with Crippen molar-refractivity contribution in [1.82, 2.24) is 10.2 Å². The van der Waals surface area contributed by atoms with Crippen LogP contribution >= 0.6 is 0 Å². The number of hydrogen-bond donors (Lipinski definition) is 1. The molecule has 1 amide bonds. The van der Waals surface area contributed by atoms with Gasteiger partial charge in [0, 0.05) is 12.6 Å². The first kappa shape index (κ1) is 16.1. The molecule has 0 heterocycles. The topological polar surface area (TPSA) is 32.3 Å². The third-order valence-corrected chi connectivity index (χ3v) is 5.85. The second-order valence-electron chi connectivity index (χ2n) is 8.13. The van der Waals surface area contributed by atoms with Gasteiger partial charge in [-0.05, 0) is 80.9 Å². The van der Waals surface area contributed by atoms with Crippen molar-refractivity contribution in [2.24, 2.45) is 5.92 Å². The Hall–Kier alpha value is -1.35. The van der Waals surface area contributed by atoms with Gasteiger partial charge in [-0.15, -0.1) is 0 Å². The molecule has 0 aliphatic heterocycles. The number of amides is 1. The van der Waals surface area contributed by atoms with Crippen molar-refractivity contribution in [3.8, 4) is 0 Å². The van der Waals surface area contributed by atoms with E-state index >= 15 is 0 Å². The summed E-state index contributed by atoms with van der Waals surface area (Å²) in [4.78, 5) is 14.9. The Bertz CT molecular complexity index is 604. The van der Waals surface area contributed by atoms with E-state index in [2.05, 4.69) is 35.3 Å². The normalized spacial score (nSPS) is 21.4. The van der Waals surface area contributed by atoms with Gasteiger partial charge in [-0.3, -0.25) is 9.69 Å². The molecule has 1 unspecified atom stereocenters. The van der Waals surface area contributed by atoms with Crippen LogP contribution in [0.15, 0.2) is 18.2 Å². The average molecular weight is 326 g/mol. The molecule has 2 fully saturated rings. The summed E-state index contributed by atoms with van der Waals surface area (Å²) in [7, 11) is 0. The summed E-state index contributed by atoms with van der Waals surface area (Å²) in [5, 5.41) is 3.23. The Labute approximate surface area is 145 Å². The zero-order valence-corrected chi connectivity index (χ0v) is 14.9. The molecule has 2 saturated carbocycles. The molecule has 4 rings (SSSR count). The number of carbonyl (C=O) groups excluding carboxylic acids is 1. The minimum atomic E-state index is 0.103. The standard InChI is InChI=1S/C21H30N2O/c1-15(18-9-8-17-4-2-3-5-19(17)12-18)22-21(24)14-23(20-10-11-20)13-16-6-7-16/h8-9,12,15-16,20H,2-7,10-11,13-14H2,1H3,(H,22,24). The molecular formula is C21H30N2O. The lowest BCUT2D eigenvalue weighted by molar-refractivity contribution is -0.123. The highest BCUT2D eigenvalue weighted by molar-refractivity contribution is 5.78. The van der Waals surface area contributed by atoms with E-state index in [1.165, 1.54) is 68.1 Å². The van der Waals surface area contributed by atoms with Crippen LogP contribution in [-0.2, 0) is 17.6 Å². The molecule has 0 bridgehead atoms. The van der Waals surface area contributed by atoms with E-state index in [9.17, 15) is 4.79 Å². The van der Waals surface area contributed by atoms with Crippen molar-refractivity contribution in [1.29, 1.82) is 0 Å². The summed E-state index contributed by atoms with van der Waals surface area (Å²) in [5.41, 5.74) is 4.25. The second kappa shape index (κ2) is 6.87. The van der Waals surface area contributed by atoms with Gasteiger partial charge in [0.05, 0.1) is 12.6 Å². The van der Waals surface area contributed by atoms with E-state index in [0.29, 0.717) is 12.6 Å². The van der Waals surface area contributed by atoms with Crippen molar-refractivity contribution in [3.63, 3.8) is 0 Å². The Morgan fingerprint density at radius 1 is 1.17 bits per heavy atom. The number of aryl methyl sites for hydroxylation is 2. The summed E-state index contributed by atoms with van der Waals surface area (Å²) in [6.07, 6.45) is 10.3. The number of carbonyl (C=O) groups is 1.